The van der Waals surface area contributed by atoms with Gasteiger partial charge in [-0.2, -0.15) is 5.10 Å². The molecule has 0 aromatic carbocycles. The molecular formula is C10H17N3O. The third-order valence-corrected chi connectivity index (χ3v) is 2.32. The standard InChI is InChI=1S/C10H17N3O/c1-4-8(5-2)10(14)11-9-6-7-13(3)12-9/h6-8H,4-5H2,1-3H3,(H,11,12,14). The molecule has 0 aliphatic rings. The van der Waals surface area contributed by atoms with E-state index in [0.29, 0.717) is 5.82 Å². The van der Waals surface area contributed by atoms with E-state index >= 15 is 0 Å². The van der Waals surface area contributed by atoms with Gasteiger partial charge in [-0.3, -0.25) is 9.48 Å². The molecular weight excluding hydrogens is 178 g/mol. The first-order valence-corrected chi connectivity index (χ1v) is 4.97. The van der Waals surface area contributed by atoms with Gasteiger partial charge in [-0.15, -0.1) is 0 Å². The van der Waals surface area contributed by atoms with Gasteiger partial charge in [0.25, 0.3) is 0 Å². The van der Waals surface area contributed by atoms with Crippen molar-refractivity contribution in [3.8, 4) is 0 Å². The zero-order valence-electron chi connectivity index (χ0n) is 8.95. The van der Waals surface area contributed by atoms with E-state index in [2.05, 4.69) is 10.4 Å². The van der Waals surface area contributed by atoms with Gasteiger partial charge in [0.05, 0.1) is 0 Å². The van der Waals surface area contributed by atoms with Crippen molar-refractivity contribution in [2.45, 2.75) is 26.7 Å². The molecule has 1 amide bonds. The minimum atomic E-state index is 0.0636. The fraction of sp³-hybridized carbons (Fsp3) is 0.600. The Morgan fingerprint density at radius 1 is 1.57 bits per heavy atom. The van der Waals surface area contributed by atoms with Crippen molar-refractivity contribution in [2.24, 2.45) is 13.0 Å². The zero-order chi connectivity index (χ0) is 10.6. The molecule has 0 bridgehead atoms. The Kier molecular flexibility index (Phi) is 3.68. The van der Waals surface area contributed by atoms with Gasteiger partial charge in [-0.1, -0.05) is 13.8 Å². The molecule has 0 atom stereocenters. The number of aryl methyl sites for hydroxylation is 1. The number of hydrogen-bond acceptors (Lipinski definition) is 2. The topological polar surface area (TPSA) is 46.9 Å². The Morgan fingerprint density at radius 2 is 2.21 bits per heavy atom. The summed E-state index contributed by atoms with van der Waals surface area (Å²) in [6.45, 7) is 4.04. The SMILES string of the molecule is CCC(CC)C(=O)Nc1ccn(C)n1. The van der Waals surface area contributed by atoms with Crippen LogP contribution in [0, 0.1) is 5.92 Å². The van der Waals surface area contributed by atoms with Crippen molar-refractivity contribution >= 4 is 11.7 Å². The van der Waals surface area contributed by atoms with E-state index in [0.717, 1.165) is 12.8 Å². The van der Waals surface area contributed by atoms with E-state index in [1.54, 1.807) is 10.7 Å². The fourth-order valence-corrected chi connectivity index (χ4v) is 1.37. The quantitative estimate of drug-likeness (QED) is 0.796. The predicted molar refractivity (Wildman–Crippen MR) is 55.9 cm³/mol. The smallest absolute Gasteiger partial charge is 0.228 e. The summed E-state index contributed by atoms with van der Waals surface area (Å²) in [7, 11) is 1.83. The Morgan fingerprint density at radius 3 is 2.64 bits per heavy atom. The van der Waals surface area contributed by atoms with Crippen molar-refractivity contribution in [1.29, 1.82) is 0 Å². The number of amides is 1. The second-order valence-corrected chi connectivity index (χ2v) is 3.38. The number of anilines is 1. The molecule has 78 valence electrons. The normalized spacial score (nSPS) is 10.6. The second kappa shape index (κ2) is 4.79. The first-order valence-electron chi connectivity index (χ1n) is 4.97. The van der Waals surface area contributed by atoms with Crippen LogP contribution >= 0.6 is 0 Å². The summed E-state index contributed by atoms with van der Waals surface area (Å²) < 4.78 is 1.67. The summed E-state index contributed by atoms with van der Waals surface area (Å²) in [4.78, 5) is 11.6. The van der Waals surface area contributed by atoms with Gasteiger partial charge in [-0.05, 0) is 12.8 Å². The van der Waals surface area contributed by atoms with Gasteiger partial charge in [0, 0.05) is 25.2 Å². The molecule has 0 fully saturated rings. The molecule has 4 heteroatoms. The summed E-state index contributed by atoms with van der Waals surface area (Å²) in [6.07, 6.45) is 3.55. The number of carbonyl (C=O) groups excluding carboxylic acids is 1. The fourth-order valence-electron chi connectivity index (χ4n) is 1.37. The van der Waals surface area contributed by atoms with Crippen molar-refractivity contribution in [2.75, 3.05) is 5.32 Å². The maximum Gasteiger partial charge on any atom is 0.228 e. The van der Waals surface area contributed by atoms with E-state index in [1.165, 1.54) is 0 Å². The van der Waals surface area contributed by atoms with Crippen LogP contribution in [0.25, 0.3) is 0 Å². The minimum Gasteiger partial charge on any atom is -0.309 e. The van der Waals surface area contributed by atoms with Crippen LogP contribution in [0.1, 0.15) is 26.7 Å². The number of hydrogen-bond donors (Lipinski definition) is 1. The number of rotatable bonds is 4. The molecule has 1 aromatic heterocycles. The third-order valence-electron chi connectivity index (χ3n) is 2.32. The Balaban J connectivity index is 2.56. The van der Waals surface area contributed by atoms with E-state index in [1.807, 2.05) is 27.1 Å². The van der Waals surface area contributed by atoms with Crippen molar-refractivity contribution in [1.82, 2.24) is 9.78 Å². The predicted octanol–water partition coefficient (Wildman–Crippen LogP) is 1.79. The average Bonchev–Trinajstić information content (AvgIpc) is 2.53. The summed E-state index contributed by atoms with van der Waals surface area (Å²) in [5.74, 6) is 0.787. The average molecular weight is 195 g/mol. The lowest BCUT2D eigenvalue weighted by Gasteiger charge is -2.10. The molecule has 0 spiro atoms. The maximum atomic E-state index is 11.6. The Hall–Kier alpha value is -1.32. The molecule has 1 aromatic rings. The molecule has 4 nitrogen and oxygen atoms in total. The summed E-state index contributed by atoms with van der Waals surface area (Å²) >= 11 is 0. The van der Waals surface area contributed by atoms with Crippen LogP contribution < -0.4 is 5.32 Å². The molecule has 1 rings (SSSR count). The molecule has 0 unspecified atom stereocenters. The lowest BCUT2D eigenvalue weighted by atomic mass is 10.0. The molecule has 1 N–H and O–H groups in total. The number of nitrogens with one attached hydrogen (secondary N) is 1. The summed E-state index contributed by atoms with van der Waals surface area (Å²) in [5, 5.41) is 6.88. The van der Waals surface area contributed by atoms with Crippen LogP contribution in [0.4, 0.5) is 5.82 Å². The molecule has 0 saturated carbocycles. The van der Waals surface area contributed by atoms with Crippen LogP contribution in [0.2, 0.25) is 0 Å². The highest BCUT2D eigenvalue weighted by atomic mass is 16.1. The molecule has 0 radical (unpaired) electrons. The molecule has 1 heterocycles. The molecule has 14 heavy (non-hydrogen) atoms. The molecule has 0 aliphatic carbocycles. The first-order chi connectivity index (χ1) is 6.67. The molecule has 0 saturated heterocycles. The third kappa shape index (κ3) is 2.58. The van der Waals surface area contributed by atoms with Gasteiger partial charge in [0.1, 0.15) is 0 Å². The maximum absolute atomic E-state index is 11.6. The van der Waals surface area contributed by atoms with Gasteiger partial charge in [0.15, 0.2) is 5.82 Å². The lowest BCUT2D eigenvalue weighted by molar-refractivity contribution is -0.120. The van der Waals surface area contributed by atoms with E-state index < -0.39 is 0 Å². The number of carbonyl (C=O) groups is 1. The van der Waals surface area contributed by atoms with Crippen LogP contribution in [-0.4, -0.2) is 15.7 Å². The Bertz CT molecular complexity index is 302. The van der Waals surface area contributed by atoms with Gasteiger partial charge >= 0.3 is 0 Å². The summed E-state index contributed by atoms with van der Waals surface area (Å²) in [6, 6.07) is 1.79. The van der Waals surface area contributed by atoms with Crippen LogP contribution in [0.15, 0.2) is 12.3 Å². The van der Waals surface area contributed by atoms with E-state index in [4.69, 9.17) is 0 Å². The van der Waals surface area contributed by atoms with E-state index in [9.17, 15) is 4.79 Å². The second-order valence-electron chi connectivity index (χ2n) is 3.38. The van der Waals surface area contributed by atoms with Crippen LogP contribution in [0.5, 0.6) is 0 Å². The molecule has 0 aliphatic heterocycles. The summed E-state index contributed by atoms with van der Waals surface area (Å²) in [5.41, 5.74) is 0. The van der Waals surface area contributed by atoms with E-state index in [-0.39, 0.29) is 11.8 Å². The van der Waals surface area contributed by atoms with Crippen molar-refractivity contribution in [3.05, 3.63) is 12.3 Å². The largest absolute Gasteiger partial charge is 0.309 e. The van der Waals surface area contributed by atoms with Crippen molar-refractivity contribution in [3.63, 3.8) is 0 Å². The van der Waals surface area contributed by atoms with Crippen LogP contribution in [0.3, 0.4) is 0 Å². The van der Waals surface area contributed by atoms with Crippen LogP contribution in [-0.2, 0) is 11.8 Å². The first kappa shape index (κ1) is 10.8. The Labute approximate surface area is 84.3 Å². The minimum absolute atomic E-state index is 0.0636. The van der Waals surface area contributed by atoms with Gasteiger partial charge in [-0.25, -0.2) is 0 Å². The highest BCUT2D eigenvalue weighted by Gasteiger charge is 2.14. The highest BCUT2D eigenvalue weighted by Crippen LogP contribution is 2.11. The number of aromatic nitrogens is 2. The van der Waals surface area contributed by atoms with Gasteiger partial charge < -0.3 is 5.32 Å². The lowest BCUT2D eigenvalue weighted by Crippen LogP contribution is -2.21. The van der Waals surface area contributed by atoms with Crippen molar-refractivity contribution < 1.29 is 4.79 Å². The zero-order valence-corrected chi connectivity index (χ0v) is 8.95. The number of nitrogens with zero attached hydrogens (tertiary/aromatic N) is 2. The monoisotopic (exact) mass is 195 g/mol. The highest BCUT2D eigenvalue weighted by molar-refractivity contribution is 5.91. The van der Waals surface area contributed by atoms with Gasteiger partial charge in [0.2, 0.25) is 5.91 Å².